The van der Waals surface area contributed by atoms with Crippen molar-refractivity contribution >= 4 is 11.8 Å². The first-order valence-corrected chi connectivity index (χ1v) is 9.57. The normalized spacial score (nSPS) is 16.8. The predicted molar refractivity (Wildman–Crippen MR) is 101 cm³/mol. The van der Waals surface area contributed by atoms with E-state index in [4.69, 9.17) is 0 Å². The zero-order chi connectivity index (χ0) is 18.6. The van der Waals surface area contributed by atoms with Crippen LogP contribution in [0.1, 0.15) is 29.7 Å². The van der Waals surface area contributed by atoms with Gasteiger partial charge in [0.1, 0.15) is 5.82 Å². The molecule has 2 heterocycles. The molecule has 6 nitrogen and oxygen atoms in total. The number of nitrogens with one attached hydrogen (secondary N) is 1. The Labute approximate surface area is 158 Å². The molecular weight excluding hydrogens is 345 g/mol. The summed E-state index contributed by atoms with van der Waals surface area (Å²) in [6.45, 7) is 3.19. The van der Waals surface area contributed by atoms with E-state index < -0.39 is 0 Å². The number of amides is 2. The summed E-state index contributed by atoms with van der Waals surface area (Å²) >= 11 is 0. The van der Waals surface area contributed by atoms with Gasteiger partial charge in [-0.3, -0.25) is 0 Å². The molecule has 0 saturated carbocycles. The summed E-state index contributed by atoms with van der Waals surface area (Å²) in [4.78, 5) is 16.4. The number of rotatable bonds is 3. The second-order valence-corrected chi connectivity index (χ2v) is 7.14. The molecule has 0 spiro atoms. The third kappa shape index (κ3) is 4.18. The number of piperazine rings is 1. The van der Waals surface area contributed by atoms with E-state index in [-0.39, 0.29) is 11.8 Å². The molecule has 1 fully saturated rings. The topological polar surface area (TPSA) is 61.4 Å². The summed E-state index contributed by atoms with van der Waals surface area (Å²) in [6, 6.07) is 8.26. The number of benzene rings is 1. The SMILES string of the molecule is O=C(NCc1ccc(F)cc1)N1CCN(c2cc3c(nn2)CCCC3)CC1. The van der Waals surface area contributed by atoms with Crippen molar-refractivity contribution in [3.63, 3.8) is 0 Å². The van der Waals surface area contributed by atoms with Crippen molar-refractivity contribution in [1.82, 2.24) is 20.4 Å². The second kappa shape index (κ2) is 7.90. The van der Waals surface area contributed by atoms with Gasteiger partial charge in [-0.05, 0) is 55.0 Å². The molecule has 2 aromatic rings. The van der Waals surface area contributed by atoms with Crippen LogP contribution in [0.25, 0.3) is 0 Å². The van der Waals surface area contributed by atoms with Crippen LogP contribution >= 0.6 is 0 Å². The van der Waals surface area contributed by atoms with Gasteiger partial charge in [0.25, 0.3) is 0 Å². The van der Waals surface area contributed by atoms with Crippen LogP contribution in [0.15, 0.2) is 30.3 Å². The maximum Gasteiger partial charge on any atom is 0.317 e. The van der Waals surface area contributed by atoms with Gasteiger partial charge in [-0.15, -0.1) is 5.10 Å². The molecule has 1 aromatic carbocycles. The van der Waals surface area contributed by atoms with Crippen LogP contribution in [-0.2, 0) is 19.4 Å². The minimum atomic E-state index is -0.272. The number of carbonyl (C=O) groups is 1. The maximum absolute atomic E-state index is 12.9. The molecule has 0 bridgehead atoms. The number of urea groups is 1. The molecule has 0 radical (unpaired) electrons. The van der Waals surface area contributed by atoms with Gasteiger partial charge in [-0.2, -0.15) is 5.10 Å². The molecule has 1 aliphatic carbocycles. The number of aromatic nitrogens is 2. The standard InChI is InChI=1S/C20H24FN5O/c21-17-7-5-15(6-8-17)14-22-20(27)26-11-9-25(10-12-26)19-13-16-3-1-2-4-18(16)23-24-19/h5-8,13H,1-4,9-12,14H2,(H,22,27). The highest BCUT2D eigenvalue weighted by Gasteiger charge is 2.23. The zero-order valence-electron chi connectivity index (χ0n) is 15.3. The Morgan fingerprint density at radius 1 is 1.04 bits per heavy atom. The molecule has 1 aromatic heterocycles. The van der Waals surface area contributed by atoms with E-state index in [2.05, 4.69) is 26.5 Å². The van der Waals surface area contributed by atoms with Crippen LogP contribution in [-0.4, -0.2) is 47.3 Å². The monoisotopic (exact) mass is 369 g/mol. The number of halogens is 1. The summed E-state index contributed by atoms with van der Waals surface area (Å²) in [5.41, 5.74) is 3.35. The lowest BCUT2D eigenvalue weighted by molar-refractivity contribution is 0.194. The molecular formula is C20H24FN5O. The molecule has 27 heavy (non-hydrogen) atoms. The van der Waals surface area contributed by atoms with Gasteiger partial charge in [-0.25, -0.2) is 9.18 Å². The van der Waals surface area contributed by atoms with Crippen LogP contribution in [0.3, 0.4) is 0 Å². The molecule has 1 aliphatic heterocycles. The van der Waals surface area contributed by atoms with Gasteiger partial charge in [-0.1, -0.05) is 12.1 Å². The fraction of sp³-hybridized carbons (Fsp3) is 0.450. The van der Waals surface area contributed by atoms with Gasteiger partial charge >= 0.3 is 6.03 Å². The van der Waals surface area contributed by atoms with Crippen molar-refractivity contribution in [2.24, 2.45) is 0 Å². The first kappa shape index (κ1) is 17.7. The summed E-state index contributed by atoms with van der Waals surface area (Å²) in [5, 5.41) is 11.7. The molecule has 7 heteroatoms. The van der Waals surface area contributed by atoms with Crippen LogP contribution in [0.5, 0.6) is 0 Å². The highest BCUT2D eigenvalue weighted by atomic mass is 19.1. The number of fused-ring (bicyclic) bond motifs is 1. The lowest BCUT2D eigenvalue weighted by Crippen LogP contribution is -2.52. The van der Waals surface area contributed by atoms with E-state index in [0.29, 0.717) is 19.6 Å². The Hall–Kier alpha value is -2.70. The summed E-state index contributed by atoms with van der Waals surface area (Å²) in [6.07, 6.45) is 4.54. The maximum atomic E-state index is 12.9. The van der Waals surface area contributed by atoms with Gasteiger partial charge in [0.15, 0.2) is 5.82 Å². The minimum absolute atomic E-state index is 0.0875. The Bertz CT molecular complexity index is 803. The Morgan fingerprint density at radius 3 is 2.56 bits per heavy atom. The van der Waals surface area contributed by atoms with E-state index in [0.717, 1.165) is 43.0 Å². The molecule has 0 atom stereocenters. The molecule has 2 amide bonds. The number of aryl methyl sites for hydroxylation is 2. The van der Waals surface area contributed by atoms with E-state index in [9.17, 15) is 9.18 Å². The highest BCUT2D eigenvalue weighted by Crippen LogP contribution is 2.23. The van der Waals surface area contributed by atoms with Crippen LogP contribution in [0.4, 0.5) is 15.0 Å². The average molecular weight is 369 g/mol. The molecule has 2 aliphatic rings. The van der Waals surface area contributed by atoms with E-state index in [1.807, 2.05) is 4.90 Å². The predicted octanol–water partition coefficient (Wildman–Crippen LogP) is 2.53. The first-order valence-electron chi connectivity index (χ1n) is 9.57. The quantitative estimate of drug-likeness (QED) is 0.903. The van der Waals surface area contributed by atoms with Crippen molar-refractivity contribution in [3.8, 4) is 0 Å². The van der Waals surface area contributed by atoms with Crippen molar-refractivity contribution in [2.45, 2.75) is 32.2 Å². The summed E-state index contributed by atoms with van der Waals surface area (Å²) < 4.78 is 12.9. The highest BCUT2D eigenvalue weighted by molar-refractivity contribution is 5.74. The summed E-state index contributed by atoms with van der Waals surface area (Å²) in [5.74, 6) is 0.647. The second-order valence-electron chi connectivity index (χ2n) is 7.14. The molecule has 1 N–H and O–H groups in total. The third-order valence-corrected chi connectivity index (χ3v) is 5.30. The van der Waals surface area contributed by atoms with Crippen molar-refractivity contribution in [2.75, 3.05) is 31.1 Å². The average Bonchev–Trinajstić information content (AvgIpc) is 2.73. The summed E-state index contributed by atoms with van der Waals surface area (Å²) in [7, 11) is 0. The number of hydrogen-bond donors (Lipinski definition) is 1. The van der Waals surface area contributed by atoms with E-state index in [1.165, 1.54) is 30.5 Å². The minimum Gasteiger partial charge on any atom is -0.352 e. The zero-order valence-corrected chi connectivity index (χ0v) is 15.3. The Balaban J connectivity index is 1.29. The number of nitrogens with zero attached hydrogens (tertiary/aromatic N) is 4. The van der Waals surface area contributed by atoms with Crippen molar-refractivity contribution < 1.29 is 9.18 Å². The molecule has 4 rings (SSSR count). The Morgan fingerprint density at radius 2 is 1.78 bits per heavy atom. The van der Waals surface area contributed by atoms with Crippen LogP contribution < -0.4 is 10.2 Å². The lowest BCUT2D eigenvalue weighted by Gasteiger charge is -2.35. The lowest BCUT2D eigenvalue weighted by atomic mass is 9.97. The number of hydrogen-bond acceptors (Lipinski definition) is 4. The van der Waals surface area contributed by atoms with Crippen LogP contribution in [0.2, 0.25) is 0 Å². The van der Waals surface area contributed by atoms with Crippen molar-refractivity contribution in [1.29, 1.82) is 0 Å². The largest absolute Gasteiger partial charge is 0.352 e. The first-order chi connectivity index (χ1) is 13.2. The fourth-order valence-corrected chi connectivity index (χ4v) is 3.66. The molecule has 0 unspecified atom stereocenters. The number of carbonyl (C=O) groups excluding carboxylic acids is 1. The fourth-order valence-electron chi connectivity index (χ4n) is 3.66. The third-order valence-electron chi connectivity index (χ3n) is 5.30. The van der Waals surface area contributed by atoms with Gasteiger partial charge < -0.3 is 15.1 Å². The molecule has 142 valence electrons. The van der Waals surface area contributed by atoms with E-state index in [1.54, 1.807) is 12.1 Å². The van der Waals surface area contributed by atoms with E-state index >= 15 is 0 Å². The van der Waals surface area contributed by atoms with Crippen molar-refractivity contribution in [3.05, 3.63) is 53.0 Å². The smallest absolute Gasteiger partial charge is 0.317 e. The van der Waals surface area contributed by atoms with Crippen LogP contribution in [0, 0.1) is 5.82 Å². The van der Waals surface area contributed by atoms with Gasteiger partial charge in [0.2, 0.25) is 0 Å². The Kier molecular flexibility index (Phi) is 5.18. The van der Waals surface area contributed by atoms with Gasteiger partial charge in [0, 0.05) is 32.7 Å². The number of anilines is 1. The molecule has 1 saturated heterocycles. The van der Waals surface area contributed by atoms with Gasteiger partial charge in [0.05, 0.1) is 5.69 Å².